The first-order valence-corrected chi connectivity index (χ1v) is 7.78. The summed E-state index contributed by atoms with van der Waals surface area (Å²) in [6.07, 6.45) is 1.11. The number of nitrogens with one attached hydrogen (secondary N) is 1. The van der Waals surface area contributed by atoms with Crippen molar-refractivity contribution in [2.45, 2.75) is 32.4 Å². The van der Waals surface area contributed by atoms with E-state index in [0.717, 1.165) is 26.1 Å². The van der Waals surface area contributed by atoms with Gasteiger partial charge >= 0.3 is 0 Å². The van der Waals surface area contributed by atoms with Gasteiger partial charge in [-0.3, -0.25) is 4.90 Å². The molecule has 0 spiro atoms. The highest BCUT2D eigenvalue weighted by atomic mass is 15.3. The maximum atomic E-state index is 3.70. The van der Waals surface area contributed by atoms with E-state index in [0.29, 0.717) is 12.1 Å². The Kier molecular flexibility index (Phi) is 5.58. The van der Waals surface area contributed by atoms with Crippen molar-refractivity contribution in [2.24, 2.45) is 0 Å². The molecule has 1 aliphatic rings. The summed E-state index contributed by atoms with van der Waals surface area (Å²) in [5.41, 5.74) is 2.80. The van der Waals surface area contributed by atoms with E-state index in [2.05, 4.69) is 67.3 Å². The van der Waals surface area contributed by atoms with Crippen LogP contribution in [0.2, 0.25) is 0 Å². The van der Waals surface area contributed by atoms with Crippen molar-refractivity contribution in [1.29, 1.82) is 0 Å². The molecule has 0 aromatic heterocycles. The molecule has 1 aliphatic heterocycles. The summed E-state index contributed by atoms with van der Waals surface area (Å²) in [5.74, 6) is 0. The molecule has 0 amide bonds. The third-order valence-electron chi connectivity index (χ3n) is 4.37. The Labute approximate surface area is 124 Å². The summed E-state index contributed by atoms with van der Waals surface area (Å²) in [4.78, 5) is 4.97. The summed E-state index contributed by atoms with van der Waals surface area (Å²) in [6, 6.07) is 10.0. The smallest absolute Gasteiger partial charge is 0.0377 e. The molecule has 1 aromatic rings. The van der Waals surface area contributed by atoms with E-state index in [1.807, 2.05) is 0 Å². The summed E-state index contributed by atoms with van der Waals surface area (Å²) in [6.45, 7) is 8.90. The zero-order valence-electron chi connectivity index (χ0n) is 13.4. The van der Waals surface area contributed by atoms with Crippen molar-refractivity contribution in [2.75, 3.05) is 40.3 Å². The second kappa shape index (κ2) is 7.21. The molecule has 0 aliphatic carbocycles. The average molecular weight is 275 g/mol. The lowest BCUT2D eigenvalue weighted by Crippen LogP contribution is -2.59. The van der Waals surface area contributed by atoms with Crippen LogP contribution in [-0.4, -0.2) is 62.2 Å². The number of hydrogen-bond acceptors (Lipinski definition) is 3. The highest BCUT2D eigenvalue weighted by Crippen LogP contribution is 2.15. The molecule has 1 N–H and O–H groups in total. The van der Waals surface area contributed by atoms with Crippen LogP contribution in [0.3, 0.4) is 0 Å². The quantitative estimate of drug-likeness (QED) is 0.883. The molecule has 2 rings (SSSR count). The number of aryl methyl sites for hydroxylation is 1. The van der Waals surface area contributed by atoms with E-state index in [1.165, 1.54) is 17.7 Å². The first-order valence-electron chi connectivity index (χ1n) is 7.78. The van der Waals surface area contributed by atoms with Gasteiger partial charge in [0.1, 0.15) is 0 Å². The number of rotatable bonds is 5. The van der Waals surface area contributed by atoms with Crippen LogP contribution >= 0.6 is 0 Å². The third kappa shape index (κ3) is 4.05. The predicted octanol–water partition coefficient (Wildman–Crippen LogP) is 1.76. The zero-order valence-corrected chi connectivity index (χ0v) is 13.4. The Morgan fingerprint density at radius 3 is 2.80 bits per heavy atom. The van der Waals surface area contributed by atoms with Gasteiger partial charge in [0.25, 0.3) is 0 Å². The van der Waals surface area contributed by atoms with Crippen LogP contribution in [0.25, 0.3) is 0 Å². The minimum atomic E-state index is 0.523. The Hall–Kier alpha value is -0.900. The van der Waals surface area contributed by atoms with Crippen molar-refractivity contribution in [3.8, 4) is 0 Å². The standard InChI is InChI=1S/C17H29N3/c1-5-18-16(12-15-8-6-7-14(2)11-15)17-13-19(3)9-10-20(17)4/h6-8,11,16-18H,5,9-10,12-13H2,1-4H3. The maximum absolute atomic E-state index is 3.70. The van der Waals surface area contributed by atoms with E-state index in [-0.39, 0.29) is 0 Å². The number of benzene rings is 1. The molecule has 2 unspecified atom stereocenters. The summed E-state index contributed by atoms with van der Waals surface area (Å²) >= 11 is 0. The average Bonchev–Trinajstić information content (AvgIpc) is 2.41. The first kappa shape index (κ1) is 15.5. The van der Waals surface area contributed by atoms with Crippen LogP contribution in [0.5, 0.6) is 0 Å². The van der Waals surface area contributed by atoms with Crippen LogP contribution in [0.1, 0.15) is 18.1 Å². The molecule has 0 saturated carbocycles. The SMILES string of the molecule is CCNC(Cc1cccc(C)c1)C1CN(C)CCN1C. The predicted molar refractivity (Wildman–Crippen MR) is 86.3 cm³/mol. The van der Waals surface area contributed by atoms with Gasteiger partial charge in [-0.05, 0) is 39.5 Å². The summed E-state index contributed by atoms with van der Waals surface area (Å²) < 4.78 is 0. The van der Waals surface area contributed by atoms with Crippen molar-refractivity contribution in [3.05, 3.63) is 35.4 Å². The molecule has 0 radical (unpaired) electrons. The highest BCUT2D eigenvalue weighted by Gasteiger charge is 2.29. The lowest BCUT2D eigenvalue weighted by atomic mass is 9.95. The lowest BCUT2D eigenvalue weighted by Gasteiger charge is -2.42. The monoisotopic (exact) mass is 275 g/mol. The van der Waals surface area contributed by atoms with Crippen molar-refractivity contribution < 1.29 is 0 Å². The van der Waals surface area contributed by atoms with E-state index in [1.54, 1.807) is 0 Å². The summed E-state index contributed by atoms with van der Waals surface area (Å²) in [7, 11) is 4.49. The van der Waals surface area contributed by atoms with Crippen LogP contribution in [-0.2, 0) is 6.42 Å². The molecule has 1 saturated heterocycles. The molecule has 112 valence electrons. The van der Waals surface area contributed by atoms with E-state index in [4.69, 9.17) is 0 Å². The van der Waals surface area contributed by atoms with Crippen molar-refractivity contribution >= 4 is 0 Å². The van der Waals surface area contributed by atoms with Gasteiger partial charge in [0.2, 0.25) is 0 Å². The van der Waals surface area contributed by atoms with Crippen LogP contribution < -0.4 is 5.32 Å². The van der Waals surface area contributed by atoms with Gasteiger partial charge < -0.3 is 10.2 Å². The van der Waals surface area contributed by atoms with Gasteiger partial charge in [-0.15, -0.1) is 0 Å². The van der Waals surface area contributed by atoms with Crippen molar-refractivity contribution in [3.63, 3.8) is 0 Å². The molecule has 20 heavy (non-hydrogen) atoms. The number of piperazine rings is 1. The Morgan fingerprint density at radius 1 is 1.30 bits per heavy atom. The van der Waals surface area contributed by atoms with Crippen LogP contribution in [0.4, 0.5) is 0 Å². The number of hydrogen-bond donors (Lipinski definition) is 1. The lowest BCUT2D eigenvalue weighted by molar-refractivity contribution is 0.0881. The fourth-order valence-electron chi connectivity index (χ4n) is 3.18. The summed E-state index contributed by atoms with van der Waals surface area (Å²) in [5, 5.41) is 3.70. The Morgan fingerprint density at radius 2 is 2.10 bits per heavy atom. The molecule has 3 heteroatoms. The van der Waals surface area contributed by atoms with E-state index >= 15 is 0 Å². The van der Waals surface area contributed by atoms with Gasteiger partial charge in [0.05, 0.1) is 0 Å². The highest BCUT2D eigenvalue weighted by molar-refractivity contribution is 5.23. The van der Waals surface area contributed by atoms with E-state index < -0.39 is 0 Å². The van der Waals surface area contributed by atoms with Crippen LogP contribution in [0, 0.1) is 6.92 Å². The molecule has 0 bridgehead atoms. The first-order chi connectivity index (χ1) is 9.60. The molecule has 2 atom stereocenters. The molecule has 1 fully saturated rings. The van der Waals surface area contributed by atoms with E-state index in [9.17, 15) is 0 Å². The Balaban J connectivity index is 2.09. The second-order valence-electron chi connectivity index (χ2n) is 6.17. The molecular weight excluding hydrogens is 246 g/mol. The second-order valence-corrected chi connectivity index (χ2v) is 6.17. The number of likely N-dealkylation sites (N-methyl/N-ethyl adjacent to an activating group) is 3. The topological polar surface area (TPSA) is 18.5 Å². The van der Waals surface area contributed by atoms with Gasteiger partial charge in [-0.2, -0.15) is 0 Å². The van der Waals surface area contributed by atoms with Gasteiger partial charge in [-0.25, -0.2) is 0 Å². The van der Waals surface area contributed by atoms with Gasteiger partial charge in [0, 0.05) is 31.7 Å². The molecule has 3 nitrogen and oxygen atoms in total. The zero-order chi connectivity index (χ0) is 14.5. The Bertz CT molecular complexity index is 418. The fourth-order valence-corrected chi connectivity index (χ4v) is 3.18. The molecule has 1 aromatic carbocycles. The van der Waals surface area contributed by atoms with Gasteiger partial charge in [-0.1, -0.05) is 36.8 Å². The van der Waals surface area contributed by atoms with Crippen molar-refractivity contribution in [1.82, 2.24) is 15.1 Å². The minimum Gasteiger partial charge on any atom is -0.312 e. The largest absolute Gasteiger partial charge is 0.312 e. The molecular formula is C17H29N3. The number of nitrogens with zero attached hydrogens (tertiary/aromatic N) is 2. The minimum absolute atomic E-state index is 0.523. The van der Waals surface area contributed by atoms with Crippen LogP contribution in [0.15, 0.2) is 24.3 Å². The molecule has 1 heterocycles. The third-order valence-corrected chi connectivity index (χ3v) is 4.37. The van der Waals surface area contributed by atoms with Gasteiger partial charge in [0.15, 0.2) is 0 Å². The normalized spacial score (nSPS) is 22.9. The maximum Gasteiger partial charge on any atom is 0.0377 e. The fraction of sp³-hybridized carbons (Fsp3) is 0.647.